The number of rotatable bonds is 7. The number of carboxylic acid groups (broad SMARTS) is 1. The Kier molecular flexibility index (Phi) is 5.75. The fourth-order valence-corrected chi connectivity index (χ4v) is 2.01. The second-order valence-corrected chi connectivity index (χ2v) is 4.61. The summed E-state index contributed by atoms with van der Waals surface area (Å²) >= 11 is 0. The van der Waals surface area contributed by atoms with Crippen LogP contribution < -0.4 is 5.73 Å². The van der Waals surface area contributed by atoms with Gasteiger partial charge in [0.1, 0.15) is 6.10 Å². The van der Waals surface area contributed by atoms with Gasteiger partial charge in [0.05, 0.1) is 6.54 Å². The highest BCUT2D eigenvalue weighted by Crippen LogP contribution is 2.21. The number of unbranched alkanes of at least 4 members (excludes halogenated alkanes) is 1. The maximum Gasteiger partial charge on any atom is 0.332 e. The molecule has 1 rings (SSSR count). The number of carbonyl (C=O) groups excluding carboxylic acids is 2. The molecule has 1 aliphatic heterocycles. The molecule has 0 aromatic heterocycles. The van der Waals surface area contributed by atoms with E-state index in [1.807, 2.05) is 6.92 Å². The molecule has 0 radical (unpaired) electrons. The van der Waals surface area contributed by atoms with Crippen LogP contribution in [0.3, 0.4) is 0 Å². The van der Waals surface area contributed by atoms with Crippen molar-refractivity contribution in [1.82, 2.24) is 4.90 Å². The van der Waals surface area contributed by atoms with E-state index in [1.54, 1.807) is 0 Å². The van der Waals surface area contributed by atoms with Crippen molar-refractivity contribution in [2.24, 2.45) is 5.73 Å². The smallest absolute Gasteiger partial charge is 0.332 e. The van der Waals surface area contributed by atoms with Crippen molar-refractivity contribution in [1.29, 1.82) is 0 Å². The largest absolute Gasteiger partial charge is 0.479 e. The molecule has 0 aromatic rings. The monoisotopic (exact) mass is 272 g/mol. The summed E-state index contributed by atoms with van der Waals surface area (Å²) in [7, 11) is 0. The second-order valence-electron chi connectivity index (χ2n) is 4.61. The Morgan fingerprint density at radius 3 is 2.42 bits per heavy atom. The highest BCUT2D eigenvalue weighted by atomic mass is 16.5. The molecule has 19 heavy (non-hydrogen) atoms. The molecule has 0 spiro atoms. The number of primary amides is 1. The van der Waals surface area contributed by atoms with Crippen molar-refractivity contribution < 1.29 is 24.2 Å². The maximum atomic E-state index is 12.2. The highest BCUT2D eigenvalue weighted by molar-refractivity contribution is 5.87. The van der Waals surface area contributed by atoms with Crippen molar-refractivity contribution >= 4 is 17.8 Å². The molecule has 0 bridgehead atoms. The number of nitrogens with zero attached hydrogens (tertiary/aromatic N) is 1. The standard InChI is InChI=1S/C12H20N2O5/c1-2-3-6-14(7-10(13)15)11(16)8-4-5-9(19-8)12(17)18/h8-9H,2-7H2,1H3,(H2,13,15)(H,17,18). The quantitative estimate of drug-likeness (QED) is 0.663. The van der Waals surface area contributed by atoms with E-state index < -0.39 is 24.1 Å². The number of ether oxygens (including phenoxy) is 1. The maximum absolute atomic E-state index is 12.2. The Hall–Kier alpha value is -1.63. The van der Waals surface area contributed by atoms with Gasteiger partial charge in [-0.15, -0.1) is 0 Å². The molecular weight excluding hydrogens is 252 g/mol. The minimum atomic E-state index is -1.06. The summed E-state index contributed by atoms with van der Waals surface area (Å²) < 4.78 is 5.18. The first-order chi connectivity index (χ1) is 8.95. The molecule has 2 amide bonds. The average molecular weight is 272 g/mol. The molecule has 7 nitrogen and oxygen atoms in total. The number of hydrogen-bond acceptors (Lipinski definition) is 4. The molecule has 108 valence electrons. The molecule has 1 heterocycles. The summed E-state index contributed by atoms with van der Waals surface area (Å²) in [5.74, 6) is -2.00. The van der Waals surface area contributed by atoms with Crippen LogP contribution in [-0.2, 0) is 19.1 Å². The molecule has 1 aliphatic rings. The fourth-order valence-electron chi connectivity index (χ4n) is 2.01. The summed E-state index contributed by atoms with van der Waals surface area (Å²) in [6.45, 7) is 2.24. The van der Waals surface area contributed by atoms with E-state index in [0.29, 0.717) is 19.4 Å². The molecule has 7 heteroatoms. The van der Waals surface area contributed by atoms with E-state index in [9.17, 15) is 14.4 Å². The van der Waals surface area contributed by atoms with E-state index in [4.69, 9.17) is 15.6 Å². The summed E-state index contributed by atoms with van der Waals surface area (Å²) in [4.78, 5) is 35.2. The summed E-state index contributed by atoms with van der Waals surface area (Å²) in [5.41, 5.74) is 5.11. The molecule has 1 saturated heterocycles. The predicted molar refractivity (Wildman–Crippen MR) is 66.2 cm³/mol. The third kappa shape index (κ3) is 4.51. The van der Waals surface area contributed by atoms with Crippen LogP contribution in [0.2, 0.25) is 0 Å². The van der Waals surface area contributed by atoms with Crippen LogP contribution in [0, 0.1) is 0 Å². The van der Waals surface area contributed by atoms with Crippen molar-refractivity contribution in [3.8, 4) is 0 Å². The Balaban J connectivity index is 2.60. The van der Waals surface area contributed by atoms with Gasteiger partial charge in [-0.2, -0.15) is 0 Å². The number of carbonyl (C=O) groups is 3. The lowest BCUT2D eigenvalue weighted by molar-refractivity contribution is -0.155. The van der Waals surface area contributed by atoms with Crippen LogP contribution in [0.4, 0.5) is 0 Å². The summed E-state index contributed by atoms with van der Waals surface area (Å²) in [6, 6.07) is 0. The van der Waals surface area contributed by atoms with Crippen molar-refractivity contribution in [2.45, 2.75) is 44.8 Å². The first-order valence-corrected chi connectivity index (χ1v) is 6.41. The number of aliphatic carboxylic acids is 1. The van der Waals surface area contributed by atoms with Crippen molar-refractivity contribution in [3.05, 3.63) is 0 Å². The number of carboxylic acids is 1. The molecule has 3 N–H and O–H groups in total. The fraction of sp³-hybridized carbons (Fsp3) is 0.750. The van der Waals surface area contributed by atoms with Crippen molar-refractivity contribution in [3.63, 3.8) is 0 Å². The SMILES string of the molecule is CCCCN(CC(N)=O)C(=O)C1CCC(C(=O)O)O1. The van der Waals surface area contributed by atoms with Crippen LogP contribution in [0.25, 0.3) is 0 Å². The first-order valence-electron chi connectivity index (χ1n) is 6.41. The third-order valence-corrected chi connectivity index (χ3v) is 3.01. The number of hydrogen-bond donors (Lipinski definition) is 2. The van der Waals surface area contributed by atoms with Crippen LogP contribution in [0.1, 0.15) is 32.6 Å². The average Bonchev–Trinajstić information content (AvgIpc) is 2.82. The topological polar surface area (TPSA) is 110 Å². The van der Waals surface area contributed by atoms with Gasteiger partial charge in [0.25, 0.3) is 5.91 Å². The molecule has 2 atom stereocenters. The zero-order chi connectivity index (χ0) is 14.4. The normalized spacial score (nSPS) is 22.2. The van der Waals surface area contributed by atoms with Crippen molar-refractivity contribution in [2.75, 3.05) is 13.1 Å². The van der Waals surface area contributed by atoms with Gasteiger partial charge in [-0.05, 0) is 19.3 Å². The van der Waals surface area contributed by atoms with Gasteiger partial charge in [0, 0.05) is 6.54 Å². The van der Waals surface area contributed by atoms with E-state index in [-0.39, 0.29) is 12.5 Å². The van der Waals surface area contributed by atoms with Gasteiger partial charge in [0.2, 0.25) is 5.91 Å². The zero-order valence-corrected chi connectivity index (χ0v) is 11.0. The minimum absolute atomic E-state index is 0.156. The number of amides is 2. The third-order valence-electron chi connectivity index (χ3n) is 3.01. The van der Waals surface area contributed by atoms with Crippen LogP contribution in [0.15, 0.2) is 0 Å². The molecule has 0 aliphatic carbocycles. The summed E-state index contributed by atoms with van der Waals surface area (Å²) in [5, 5.41) is 8.81. The highest BCUT2D eigenvalue weighted by Gasteiger charge is 2.36. The Morgan fingerprint density at radius 1 is 1.32 bits per heavy atom. The lowest BCUT2D eigenvalue weighted by Crippen LogP contribution is -2.44. The molecule has 2 unspecified atom stereocenters. The van der Waals surface area contributed by atoms with Gasteiger partial charge in [-0.25, -0.2) is 4.79 Å². The van der Waals surface area contributed by atoms with Gasteiger partial charge in [0.15, 0.2) is 6.10 Å². The van der Waals surface area contributed by atoms with Gasteiger partial charge in [-0.3, -0.25) is 9.59 Å². The summed E-state index contributed by atoms with van der Waals surface area (Å²) in [6.07, 6.45) is 0.592. The van der Waals surface area contributed by atoms with Crippen LogP contribution in [-0.4, -0.2) is 53.1 Å². The Labute approximate surface area is 111 Å². The van der Waals surface area contributed by atoms with Gasteiger partial charge < -0.3 is 20.5 Å². The first kappa shape index (κ1) is 15.4. The molecular formula is C12H20N2O5. The van der Waals surface area contributed by atoms with E-state index in [2.05, 4.69) is 0 Å². The lowest BCUT2D eigenvalue weighted by atomic mass is 10.1. The van der Waals surface area contributed by atoms with E-state index in [0.717, 1.165) is 12.8 Å². The Bertz CT molecular complexity index is 358. The molecule has 0 aromatic carbocycles. The van der Waals surface area contributed by atoms with Crippen LogP contribution in [0.5, 0.6) is 0 Å². The van der Waals surface area contributed by atoms with Gasteiger partial charge >= 0.3 is 5.97 Å². The van der Waals surface area contributed by atoms with E-state index >= 15 is 0 Å². The zero-order valence-electron chi connectivity index (χ0n) is 11.0. The lowest BCUT2D eigenvalue weighted by Gasteiger charge is -2.24. The molecule has 1 fully saturated rings. The van der Waals surface area contributed by atoms with Gasteiger partial charge in [-0.1, -0.05) is 13.3 Å². The molecule has 0 saturated carbocycles. The minimum Gasteiger partial charge on any atom is -0.479 e. The number of nitrogens with two attached hydrogens (primary N) is 1. The second kappa shape index (κ2) is 7.08. The van der Waals surface area contributed by atoms with Crippen LogP contribution >= 0.6 is 0 Å². The van der Waals surface area contributed by atoms with E-state index in [1.165, 1.54) is 4.90 Å². The predicted octanol–water partition coefficient (Wildman–Crippen LogP) is -0.267. The Morgan fingerprint density at radius 2 is 1.95 bits per heavy atom.